The Morgan fingerprint density at radius 1 is 1.12 bits per heavy atom. The van der Waals surface area contributed by atoms with Gasteiger partial charge in [0.2, 0.25) is 0 Å². The molecule has 0 heterocycles. The average molecular weight is 359 g/mol. The molecule has 0 saturated carbocycles. The van der Waals surface area contributed by atoms with Crippen molar-refractivity contribution in [3.05, 3.63) is 28.8 Å². The molecular formula is C20H31KO3. The minimum absolute atomic E-state index is 0. The van der Waals surface area contributed by atoms with Crippen LogP contribution in [0.15, 0.2) is 12.1 Å². The Kier molecular flexibility index (Phi) is 11.0. The van der Waals surface area contributed by atoms with Crippen LogP contribution >= 0.6 is 0 Å². The largest absolute Gasteiger partial charge is 1.00 e. The summed E-state index contributed by atoms with van der Waals surface area (Å²) in [7, 11) is 0. The molecule has 3 nitrogen and oxygen atoms in total. The first kappa shape index (κ1) is 24.1. The zero-order valence-corrected chi connectivity index (χ0v) is 19.4. The van der Waals surface area contributed by atoms with Gasteiger partial charge in [-0.2, -0.15) is 0 Å². The van der Waals surface area contributed by atoms with Crippen LogP contribution in [-0.2, 0) is 11.8 Å². The summed E-state index contributed by atoms with van der Waals surface area (Å²) in [6.45, 7) is 10.6. The van der Waals surface area contributed by atoms with E-state index in [1.807, 2.05) is 26.8 Å². The van der Waals surface area contributed by atoms with Crippen molar-refractivity contribution in [2.75, 3.05) is 0 Å². The molecule has 1 rings (SSSR count). The molecule has 1 N–H and O–H groups in total. The van der Waals surface area contributed by atoms with Gasteiger partial charge in [-0.3, -0.25) is 0 Å². The minimum Gasteiger partial charge on any atom is -0.545 e. The molecule has 0 atom stereocenters. The van der Waals surface area contributed by atoms with E-state index in [9.17, 15) is 15.0 Å². The van der Waals surface area contributed by atoms with Crippen LogP contribution in [0.2, 0.25) is 0 Å². The second kappa shape index (κ2) is 11.0. The zero-order chi connectivity index (χ0) is 17.6. The molecule has 0 amide bonds. The van der Waals surface area contributed by atoms with E-state index in [4.69, 9.17) is 0 Å². The molecule has 1 aromatic rings. The van der Waals surface area contributed by atoms with Crippen LogP contribution in [0.4, 0.5) is 0 Å². The maximum Gasteiger partial charge on any atom is 1.00 e. The Morgan fingerprint density at radius 3 is 2.21 bits per heavy atom. The Hall–Kier alpha value is 0.126. The van der Waals surface area contributed by atoms with Crippen molar-refractivity contribution in [1.82, 2.24) is 0 Å². The van der Waals surface area contributed by atoms with Crippen molar-refractivity contribution >= 4 is 5.97 Å². The SMILES string of the molecule is CC(C)CCCCCCc1cc(C(C)(C)C)cc(C(=O)[O-])c1O.[K+]. The van der Waals surface area contributed by atoms with Crippen LogP contribution in [0.5, 0.6) is 5.75 Å². The van der Waals surface area contributed by atoms with Crippen molar-refractivity contribution in [2.45, 2.75) is 78.6 Å². The van der Waals surface area contributed by atoms with Crippen LogP contribution in [0.25, 0.3) is 0 Å². The summed E-state index contributed by atoms with van der Waals surface area (Å²) in [5.74, 6) is -0.694. The second-order valence-corrected chi connectivity index (χ2v) is 7.92. The van der Waals surface area contributed by atoms with Gasteiger partial charge in [-0.1, -0.05) is 66.4 Å². The van der Waals surface area contributed by atoms with Crippen molar-refractivity contribution in [3.63, 3.8) is 0 Å². The normalized spacial score (nSPS) is 11.4. The topological polar surface area (TPSA) is 60.4 Å². The average Bonchev–Trinajstić information content (AvgIpc) is 2.42. The van der Waals surface area contributed by atoms with Gasteiger partial charge in [0.15, 0.2) is 0 Å². The minimum atomic E-state index is -1.31. The molecular weight excluding hydrogens is 327 g/mol. The van der Waals surface area contributed by atoms with E-state index in [0.29, 0.717) is 6.42 Å². The maximum atomic E-state index is 11.3. The maximum absolute atomic E-state index is 11.3. The number of carbonyl (C=O) groups is 1. The van der Waals surface area contributed by atoms with Gasteiger partial charge in [0.1, 0.15) is 5.75 Å². The van der Waals surface area contributed by atoms with Gasteiger partial charge in [0, 0.05) is 5.56 Å². The summed E-state index contributed by atoms with van der Waals surface area (Å²) < 4.78 is 0. The third kappa shape index (κ3) is 8.00. The molecule has 0 fully saturated rings. The summed E-state index contributed by atoms with van der Waals surface area (Å²) in [6, 6.07) is 3.48. The van der Waals surface area contributed by atoms with Crippen molar-refractivity contribution in [3.8, 4) is 5.75 Å². The molecule has 24 heavy (non-hydrogen) atoms. The van der Waals surface area contributed by atoms with Gasteiger partial charge < -0.3 is 15.0 Å². The number of aryl methyl sites for hydroxylation is 1. The fourth-order valence-corrected chi connectivity index (χ4v) is 2.70. The number of carbonyl (C=O) groups excluding carboxylic acids is 1. The van der Waals surface area contributed by atoms with Gasteiger partial charge >= 0.3 is 51.4 Å². The fraction of sp³-hybridized carbons (Fsp3) is 0.650. The van der Waals surface area contributed by atoms with Gasteiger partial charge in [0.25, 0.3) is 0 Å². The number of hydrogen-bond acceptors (Lipinski definition) is 3. The number of benzene rings is 1. The van der Waals surface area contributed by atoms with E-state index in [1.165, 1.54) is 25.3 Å². The number of phenols is 1. The third-order valence-electron chi connectivity index (χ3n) is 4.25. The number of rotatable bonds is 8. The first-order chi connectivity index (χ1) is 10.6. The first-order valence-electron chi connectivity index (χ1n) is 8.70. The smallest absolute Gasteiger partial charge is 0.545 e. The summed E-state index contributed by atoms with van der Waals surface area (Å²) in [5.41, 5.74) is 1.39. The predicted octanol–water partition coefficient (Wildman–Crippen LogP) is 1.21. The van der Waals surface area contributed by atoms with Crippen LogP contribution in [0.1, 0.15) is 88.2 Å². The van der Waals surface area contributed by atoms with Gasteiger partial charge in [-0.05, 0) is 41.4 Å². The quantitative estimate of drug-likeness (QED) is 0.561. The first-order valence-corrected chi connectivity index (χ1v) is 8.70. The molecule has 0 aromatic heterocycles. The van der Waals surface area contributed by atoms with E-state index in [0.717, 1.165) is 29.9 Å². The second-order valence-electron chi connectivity index (χ2n) is 7.92. The van der Waals surface area contributed by atoms with E-state index in [-0.39, 0.29) is 68.1 Å². The van der Waals surface area contributed by atoms with Crippen LogP contribution in [0.3, 0.4) is 0 Å². The monoisotopic (exact) mass is 358 g/mol. The van der Waals surface area contributed by atoms with Gasteiger partial charge in [-0.15, -0.1) is 0 Å². The van der Waals surface area contributed by atoms with Gasteiger partial charge in [0.05, 0.1) is 5.97 Å². The molecule has 0 bridgehead atoms. The summed E-state index contributed by atoms with van der Waals surface area (Å²) in [6.07, 6.45) is 6.44. The predicted molar refractivity (Wildman–Crippen MR) is 92.8 cm³/mol. The number of aromatic carboxylic acids is 1. The van der Waals surface area contributed by atoms with Crippen LogP contribution < -0.4 is 56.5 Å². The Morgan fingerprint density at radius 2 is 1.71 bits per heavy atom. The number of aromatic hydroxyl groups is 1. The summed E-state index contributed by atoms with van der Waals surface area (Å²) >= 11 is 0. The summed E-state index contributed by atoms with van der Waals surface area (Å²) in [4.78, 5) is 11.3. The Labute approximate surface area is 189 Å². The van der Waals surface area contributed by atoms with Crippen LogP contribution in [-0.4, -0.2) is 11.1 Å². The number of unbranched alkanes of at least 4 members (excludes halogenated alkanes) is 3. The van der Waals surface area contributed by atoms with E-state index < -0.39 is 5.97 Å². The zero-order valence-electron chi connectivity index (χ0n) is 16.2. The van der Waals surface area contributed by atoms with E-state index in [1.54, 1.807) is 0 Å². The standard InChI is InChI=1S/C20H32O3.K/c1-14(2)10-8-6-7-9-11-15-12-16(20(3,4)5)13-17(18(15)21)19(22)23;/h12-14,21H,6-11H2,1-5H3,(H,22,23);/q;+1/p-1. The molecule has 0 saturated heterocycles. The molecule has 130 valence electrons. The summed E-state index contributed by atoms with van der Waals surface area (Å²) in [5, 5.41) is 21.5. The molecule has 1 aromatic carbocycles. The molecule has 4 heteroatoms. The number of carboxylic acid groups (broad SMARTS) is 1. The molecule has 0 aliphatic rings. The number of carboxylic acids is 1. The number of hydrogen-bond donors (Lipinski definition) is 1. The fourth-order valence-electron chi connectivity index (χ4n) is 2.70. The molecule has 0 radical (unpaired) electrons. The molecule has 0 aliphatic carbocycles. The van der Waals surface area contributed by atoms with Gasteiger partial charge in [-0.25, -0.2) is 0 Å². The van der Waals surface area contributed by atoms with E-state index >= 15 is 0 Å². The van der Waals surface area contributed by atoms with Crippen LogP contribution in [0, 0.1) is 5.92 Å². The van der Waals surface area contributed by atoms with Crippen molar-refractivity contribution in [2.24, 2.45) is 5.92 Å². The third-order valence-corrected chi connectivity index (χ3v) is 4.25. The molecule has 0 spiro atoms. The van der Waals surface area contributed by atoms with Crippen molar-refractivity contribution in [1.29, 1.82) is 0 Å². The Bertz CT molecular complexity index is 530. The molecule has 0 unspecified atom stereocenters. The Balaban J connectivity index is 0.00000529. The van der Waals surface area contributed by atoms with E-state index in [2.05, 4.69) is 13.8 Å². The van der Waals surface area contributed by atoms with Crippen molar-refractivity contribution < 1.29 is 66.4 Å². The molecule has 0 aliphatic heterocycles.